The van der Waals surface area contributed by atoms with Crippen molar-refractivity contribution in [1.82, 2.24) is 0 Å². The Hall–Kier alpha value is -3.15. The number of hydrogen-bond acceptors (Lipinski definition) is 20. The van der Waals surface area contributed by atoms with Crippen molar-refractivity contribution in [3.05, 3.63) is 22.8 Å². The van der Waals surface area contributed by atoms with Gasteiger partial charge < -0.3 is 56.8 Å². The summed E-state index contributed by atoms with van der Waals surface area (Å²) in [5.74, 6) is -14.2. The van der Waals surface area contributed by atoms with Gasteiger partial charge in [0.1, 0.15) is 37.8 Å². The van der Waals surface area contributed by atoms with E-state index in [-0.39, 0.29) is 0 Å². The molecule has 0 spiro atoms. The largest absolute Gasteiger partial charge is 0.480 e. The summed E-state index contributed by atoms with van der Waals surface area (Å²) in [5.41, 5.74) is 0. The third-order valence-electron chi connectivity index (χ3n) is 10.4. The molecule has 2 aliphatic heterocycles. The van der Waals surface area contributed by atoms with Crippen molar-refractivity contribution in [3.63, 3.8) is 0 Å². The molecule has 0 bridgehead atoms. The van der Waals surface area contributed by atoms with Crippen molar-refractivity contribution in [1.29, 1.82) is 0 Å². The molecule has 1 aromatic carbocycles. The average Bonchev–Trinajstić information content (AvgIpc) is 3.54. The van der Waals surface area contributed by atoms with Crippen molar-refractivity contribution < 1.29 is 95.2 Å². The average molecular weight is 1340 g/mol. The van der Waals surface area contributed by atoms with Crippen LogP contribution in [0.4, 0.5) is 0 Å². The molecule has 2 saturated heterocycles. The van der Waals surface area contributed by atoms with Crippen molar-refractivity contribution >= 4 is 116 Å². The fourth-order valence-electron chi connectivity index (χ4n) is 6.24. The first-order valence-electron chi connectivity index (χ1n) is 23.3. The van der Waals surface area contributed by atoms with Crippen molar-refractivity contribution in [3.8, 4) is 5.75 Å². The second-order valence-corrected chi connectivity index (χ2v) is 22.7. The normalized spacial score (nSPS) is 24.3. The molecule has 2 heterocycles. The Morgan fingerprint density at radius 3 is 1.39 bits per heavy atom. The minimum atomic E-state index is -2.63. The number of rotatable bonds is 23. The van der Waals surface area contributed by atoms with E-state index >= 15 is 0 Å². The number of ether oxygens (including phenoxy) is 12. The van der Waals surface area contributed by atoms with E-state index in [0.717, 1.165) is 10.7 Å². The van der Waals surface area contributed by atoms with Gasteiger partial charge in [0.25, 0.3) is 0 Å². The van der Waals surface area contributed by atoms with E-state index in [1.165, 1.54) is 55.4 Å². The third-order valence-corrected chi connectivity index (χ3v) is 12.6. The van der Waals surface area contributed by atoms with Crippen LogP contribution in [0, 0.1) is 52.1 Å². The standard InChI is InChI=1S/C48H67I3O20/c1-21(2)40(53)62-17-31-35(65-42(55)23(5)6)37(67-44(57)25(9)10)38(68-45(58)26(11)12)47(64-31)71-48(20-63-41(54)22(3)4)39(69-46(59)27(13)14)36(66-43(56)24(7)8)32(70-48)18-60-33(52)19-61-34-29(50)15-28(49)16-30(34)51/h15-16,21-27,31-32,35-39,47H,17-20H2,1-14H3/t31-,32-,35-,36-,37+,38-,39+,47-,48+/m1/s1. The van der Waals surface area contributed by atoms with Crippen LogP contribution in [0.5, 0.6) is 5.75 Å². The van der Waals surface area contributed by atoms with Gasteiger partial charge in [-0.3, -0.25) is 33.6 Å². The van der Waals surface area contributed by atoms with Crippen LogP contribution in [0.3, 0.4) is 0 Å². The fraction of sp³-hybridized carbons (Fsp3) is 0.708. The molecule has 0 aliphatic carbocycles. The van der Waals surface area contributed by atoms with Gasteiger partial charge in [-0.25, -0.2) is 4.79 Å². The molecule has 1 aromatic rings. The zero-order valence-corrected chi connectivity index (χ0v) is 48.9. The lowest BCUT2D eigenvalue weighted by Gasteiger charge is -2.47. The maximum atomic E-state index is 13.8. The van der Waals surface area contributed by atoms with Crippen LogP contribution in [-0.4, -0.2) is 129 Å². The van der Waals surface area contributed by atoms with Gasteiger partial charge in [-0.05, 0) is 79.9 Å². The summed E-state index contributed by atoms with van der Waals surface area (Å²) in [6.45, 7) is 18.7. The minimum absolute atomic E-state index is 0.431. The van der Waals surface area contributed by atoms with Gasteiger partial charge in [0.15, 0.2) is 37.1 Å². The molecule has 0 amide bonds. The third kappa shape index (κ3) is 17.8. The number of halogens is 3. The Morgan fingerprint density at radius 1 is 0.507 bits per heavy atom. The Balaban J connectivity index is 2.36. The van der Waals surface area contributed by atoms with E-state index < -0.39 is 170 Å². The first kappa shape index (κ1) is 62.1. The quantitative estimate of drug-likeness (QED) is 0.0645. The van der Waals surface area contributed by atoms with Crippen molar-refractivity contribution in [2.45, 2.75) is 152 Å². The first-order valence-corrected chi connectivity index (χ1v) is 26.5. The molecular weight excluding hydrogens is 1280 g/mol. The van der Waals surface area contributed by atoms with Crippen molar-refractivity contribution in [2.75, 3.05) is 26.4 Å². The Labute approximate surface area is 455 Å². The second-order valence-electron chi connectivity index (χ2n) is 19.1. The predicted molar refractivity (Wildman–Crippen MR) is 274 cm³/mol. The van der Waals surface area contributed by atoms with E-state index in [1.807, 2.05) is 12.1 Å². The van der Waals surface area contributed by atoms with E-state index in [9.17, 15) is 38.4 Å². The molecule has 0 radical (unpaired) electrons. The zero-order chi connectivity index (χ0) is 53.8. The highest BCUT2D eigenvalue weighted by molar-refractivity contribution is 14.1. The van der Waals surface area contributed by atoms with Crippen LogP contribution in [0.1, 0.15) is 96.9 Å². The highest BCUT2D eigenvalue weighted by atomic mass is 127. The van der Waals surface area contributed by atoms with Gasteiger partial charge in [-0.1, -0.05) is 96.9 Å². The summed E-state index contributed by atoms with van der Waals surface area (Å²) in [6.07, 6.45) is -14.0. The van der Waals surface area contributed by atoms with Gasteiger partial charge >= 0.3 is 47.8 Å². The summed E-state index contributed by atoms with van der Waals surface area (Å²) in [7, 11) is 0. The maximum absolute atomic E-state index is 13.8. The Bertz CT molecular complexity index is 2030. The molecular formula is C48H67I3O20. The van der Waals surface area contributed by atoms with E-state index in [4.69, 9.17) is 56.8 Å². The monoisotopic (exact) mass is 1340 g/mol. The van der Waals surface area contributed by atoms with Crippen LogP contribution in [0.2, 0.25) is 0 Å². The molecule has 9 atom stereocenters. The van der Waals surface area contributed by atoms with Crippen LogP contribution in [-0.2, 0) is 90.5 Å². The molecule has 3 rings (SSSR count). The first-order chi connectivity index (χ1) is 33.0. The van der Waals surface area contributed by atoms with Crippen LogP contribution >= 0.6 is 67.8 Å². The lowest BCUT2D eigenvalue weighted by atomic mass is 9.96. The van der Waals surface area contributed by atoms with Crippen LogP contribution in [0.15, 0.2) is 12.1 Å². The Kier molecular flexibility index (Phi) is 24.5. The molecule has 0 N–H and O–H groups in total. The summed E-state index contributed by atoms with van der Waals surface area (Å²) in [6, 6.07) is 3.71. The minimum Gasteiger partial charge on any atom is -0.480 e. The molecule has 2 aliphatic rings. The van der Waals surface area contributed by atoms with Gasteiger partial charge in [0.2, 0.25) is 12.1 Å². The molecule has 2 fully saturated rings. The van der Waals surface area contributed by atoms with Crippen LogP contribution in [0.25, 0.3) is 0 Å². The molecule has 0 aromatic heterocycles. The number of carbonyl (C=O) groups excluding carboxylic acids is 8. The number of carbonyl (C=O) groups is 8. The molecule has 23 heteroatoms. The van der Waals surface area contributed by atoms with Gasteiger partial charge in [-0.2, -0.15) is 0 Å². The Morgan fingerprint density at radius 2 is 0.915 bits per heavy atom. The smallest absolute Gasteiger partial charge is 0.344 e. The summed E-state index contributed by atoms with van der Waals surface area (Å²) in [4.78, 5) is 108. The van der Waals surface area contributed by atoms with E-state index in [1.54, 1.807) is 41.5 Å². The number of esters is 8. The molecule has 400 valence electrons. The molecule has 0 saturated carbocycles. The fourth-order valence-corrected chi connectivity index (χ4v) is 10.1. The molecule has 71 heavy (non-hydrogen) atoms. The van der Waals surface area contributed by atoms with Crippen molar-refractivity contribution in [2.24, 2.45) is 41.4 Å². The number of hydrogen-bond donors (Lipinski definition) is 0. The van der Waals surface area contributed by atoms with E-state index in [0.29, 0.717) is 5.75 Å². The molecule has 0 unspecified atom stereocenters. The molecule has 20 nitrogen and oxygen atoms in total. The zero-order valence-electron chi connectivity index (χ0n) is 42.4. The second kappa shape index (κ2) is 27.9. The summed E-state index contributed by atoms with van der Waals surface area (Å²) >= 11 is 6.30. The maximum Gasteiger partial charge on any atom is 0.344 e. The lowest BCUT2D eigenvalue weighted by molar-refractivity contribution is -0.385. The van der Waals surface area contributed by atoms with Gasteiger partial charge in [0, 0.05) is 3.57 Å². The van der Waals surface area contributed by atoms with Crippen LogP contribution < -0.4 is 4.74 Å². The topological polar surface area (TPSA) is 247 Å². The number of benzene rings is 1. The summed E-state index contributed by atoms with van der Waals surface area (Å²) in [5, 5.41) is 0. The highest BCUT2D eigenvalue weighted by Crippen LogP contribution is 2.42. The highest BCUT2D eigenvalue weighted by Gasteiger charge is 2.65. The van der Waals surface area contributed by atoms with Gasteiger partial charge in [0.05, 0.1) is 48.6 Å². The van der Waals surface area contributed by atoms with E-state index in [2.05, 4.69) is 67.8 Å². The lowest BCUT2D eigenvalue weighted by Crippen LogP contribution is -2.66. The predicted octanol–water partition coefficient (Wildman–Crippen LogP) is 6.50. The van der Waals surface area contributed by atoms with Gasteiger partial charge in [-0.15, -0.1) is 0 Å². The summed E-state index contributed by atoms with van der Waals surface area (Å²) < 4.78 is 75.2. The SMILES string of the molecule is CC(C)C(=O)OC[C@H]1O[C@H](O[C@]2(COC(=O)C(C)C)O[C@H](COC(=O)COc3c(I)cc(I)cc3I)[C@@H](OC(=O)C(C)C)[C@@H]2OC(=O)C(C)C)[C@H](OC(=O)C(C)C)[C@@H](OC(=O)C(C)C)[C@@H]1OC(=O)C(C)C.